The lowest BCUT2D eigenvalue weighted by Crippen LogP contribution is -2.05. The first kappa shape index (κ1) is 9.40. The molecule has 0 radical (unpaired) electrons. The van der Waals surface area contributed by atoms with Crippen LogP contribution >= 0.6 is 0 Å². The van der Waals surface area contributed by atoms with Gasteiger partial charge in [0.1, 0.15) is 0 Å². The second kappa shape index (κ2) is 3.63. The maximum absolute atomic E-state index is 11.6. The van der Waals surface area contributed by atoms with Crippen molar-refractivity contribution in [2.75, 3.05) is 6.61 Å². The minimum absolute atomic E-state index is 0.0777. The quantitative estimate of drug-likeness (QED) is 0.679. The van der Waals surface area contributed by atoms with Crippen LogP contribution in [0.3, 0.4) is 0 Å². The van der Waals surface area contributed by atoms with Gasteiger partial charge in [-0.05, 0) is 22.8 Å². The van der Waals surface area contributed by atoms with Crippen molar-refractivity contribution in [3.63, 3.8) is 0 Å². The van der Waals surface area contributed by atoms with Gasteiger partial charge in [-0.15, -0.1) is 0 Å². The van der Waals surface area contributed by atoms with E-state index in [2.05, 4.69) is 18.2 Å². The van der Waals surface area contributed by atoms with Gasteiger partial charge in [-0.25, -0.2) is 0 Å². The number of hydrogen-bond acceptors (Lipinski definition) is 2. The van der Waals surface area contributed by atoms with Crippen molar-refractivity contribution < 1.29 is 9.53 Å². The van der Waals surface area contributed by atoms with E-state index in [0.717, 1.165) is 17.4 Å². The Morgan fingerprint density at radius 3 is 2.69 bits per heavy atom. The van der Waals surface area contributed by atoms with Crippen molar-refractivity contribution in [1.82, 2.24) is 0 Å². The fraction of sp³-hybridized carbons (Fsp3) is 0.214. The molecule has 2 aromatic rings. The maximum atomic E-state index is 11.6. The van der Waals surface area contributed by atoms with E-state index in [-0.39, 0.29) is 11.9 Å². The van der Waals surface area contributed by atoms with E-state index >= 15 is 0 Å². The van der Waals surface area contributed by atoms with Gasteiger partial charge in [0, 0.05) is 0 Å². The first-order chi connectivity index (χ1) is 7.86. The molecule has 0 spiro atoms. The van der Waals surface area contributed by atoms with Crippen molar-refractivity contribution in [2.24, 2.45) is 0 Å². The molecule has 1 unspecified atom stereocenters. The highest BCUT2D eigenvalue weighted by atomic mass is 16.5. The van der Waals surface area contributed by atoms with Gasteiger partial charge in [-0.3, -0.25) is 4.79 Å². The average Bonchev–Trinajstić information content (AvgIpc) is 2.75. The molecule has 80 valence electrons. The second-order valence-electron chi connectivity index (χ2n) is 4.08. The van der Waals surface area contributed by atoms with Crippen LogP contribution in [0.25, 0.3) is 10.8 Å². The van der Waals surface area contributed by atoms with Crippen LogP contribution in [0.2, 0.25) is 0 Å². The minimum Gasteiger partial charge on any atom is -0.465 e. The Labute approximate surface area is 93.8 Å². The molecular formula is C14H12O2. The van der Waals surface area contributed by atoms with Crippen LogP contribution in [0.4, 0.5) is 0 Å². The van der Waals surface area contributed by atoms with Crippen molar-refractivity contribution >= 4 is 16.7 Å². The molecule has 2 heteroatoms. The summed E-state index contributed by atoms with van der Waals surface area (Å²) in [7, 11) is 0. The molecule has 2 nitrogen and oxygen atoms in total. The fourth-order valence-electron chi connectivity index (χ4n) is 2.33. The molecule has 1 saturated heterocycles. The predicted octanol–water partition coefficient (Wildman–Crippen LogP) is 2.87. The van der Waals surface area contributed by atoms with Crippen LogP contribution in [-0.2, 0) is 9.53 Å². The molecule has 2 aromatic carbocycles. The zero-order chi connectivity index (χ0) is 11.0. The number of hydrogen-bond donors (Lipinski definition) is 0. The molecule has 1 aliphatic rings. The van der Waals surface area contributed by atoms with Crippen LogP contribution in [0.15, 0.2) is 42.5 Å². The molecular weight excluding hydrogens is 200 g/mol. The van der Waals surface area contributed by atoms with Crippen LogP contribution in [0.1, 0.15) is 17.9 Å². The molecule has 1 aliphatic heterocycles. The number of rotatable bonds is 1. The van der Waals surface area contributed by atoms with E-state index < -0.39 is 0 Å². The lowest BCUT2D eigenvalue weighted by atomic mass is 9.92. The third kappa shape index (κ3) is 1.38. The Morgan fingerprint density at radius 1 is 1.06 bits per heavy atom. The Hall–Kier alpha value is -1.83. The standard InChI is InChI=1S/C14H12O2/c15-14-13(8-9-16-14)12-7-3-5-10-4-1-2-6-11(10)12/h1-7,13H,8-9H2. The Morgan fingerprint density at radius 2 is 1.88 bits per heavy atom. The number of carbonyl (C=O) groups excluding carboxylic acids is 1. The number of benzene rings is 2. The zero-order valence-electron chi connectivity index (χ0n) is 8.85. The van der Waals surface area contributed by atoms with E-state index in [0.29, 0.717) is 6.61 Å². The summed E-state index contributed by atoms with van der Waals surface area (Å²) in [5, 5.41) is 2.34. The van der Waals surface area contributed by atoms with E-state index in [1.807, 2.05) is 24.3 Å². The van der Waals surface area contributed by atoms with Crippen molar-refractivity contribution in [2.45, 2.75) is 12.3 Å². The molecule has 3 rings (SSSR count). The topological polar surface area (TPSA) is 26.3 Å². The summed E-state index contributed by atoms with van der Waals surface area (Å²) in [5.41, 5.74) is 1.10. The Bertz CT molecular complexity index is 540. The van der Waals surface area contributed by atoms with Crippen LogP contribution in [0, 0.1) is 0 Å². The molecule has 1 atom stereocenters. The first-order valence-corrected chi connectivity index (χ1v) is 5.50. The Balaban J connectivity index is 2.19. The highest BCUT2D eigenvalue weighted by molar-refractivity contribution is 5.91. The van der Waals surface area contributed by atoms with Crippen molar-refractivity contribution in [1.29, 1.82) is 0 Å². The molecule has 0 aromatic heterocycles. The van der Waals surface area contributed by atoms with Gasteiger partial charge >= 0.3 is 5.97 Å². The summed E-state index contributed by atoms with van der Waals surface area (Å²) in [6, 6.07) is 14.3. The maximum Gasteiger partial charge on any atom is 0.313 e. The smallest absolute Gasteiger partial charge is 0.313 e. The van der Waals surface area contributed by atoms with Gasteiger partial charge < -0.3 is 4.74 Å². The summed E-state index contributed by atoms with van der Waals surface area (Å²) < 4.78 is 5.03. The molecule has 0 amide bonds. The van der Waals surface area contributed by atoms with Gasteiger partial charge in [0.2, 0.25) is 0 Å². The highest BCUT2D eigenvalue weighted by Crippen LogP contribution is 2.31. The first-order valence-electron chi connectivity index (χ1n) is 5.50. The van der Waals surface area contributed by atoms with Gasteiger partial charge in [0.15, 0.2) is 0 Å². The number of esters is 1. The van der Waals surface area contributed by atoms with Gasteiger partial charge in [-0.1, -0.05) is 42.5 Å². The second-order valence-corrected chi connectivity index (χ2v) is 4.08. The molecule has 16 heavy (non-hydrogen) atoms. The summed E-state index contributed by atoms with van der Waals surface area (Å²) >= 11 is 0. The third-order valence-corrected chi connectivity index (χ3v) is 3.13. The normalized spacial score (nSPS) is 20.0. The number of carbonyl (C=O) groups is 1. The van der Waals surface area contributed by atoms with Crippen molar-refractivity contribution in [3.8, 4) is 0 Å². The van der Waals surface area contributed by atoms with E-state index in [9.17, 15) is 4.79 Å². The highest BCUT2D eigenvalue weighted by Gasteiger charge is 2.28. The van der Waals surface area contributed by atoms with Crippen LogP contribution in [0.5, 0.6) is 0 Å². The average molecular weight is 212 g/mol. The van der Waals surface area contributed by atoms with E-state index in [1.165, 1.54) is 5.39 Å². The molecule has 1 fully saturated rings. The molecule has 0 saturated carbocycles. The lowest BCUT2D eigenvalue weighted by Gasteiger charge is -2.09. The summed E-state index contributed by atoms with van der Waals surface area (Å²) in [6.07, 6.45) is 0.798. The lowest BCUT2D eigenvalue weighted by molar-refractivity contribution is -0.139. The van der Waals surface area contributed by atoms with E-state index in [1.54, 1.807) is 0 Å². The van der Waals surface area contributed by atoms with Gasteiger partial charge in [-0.2, -0.15) is 0 Å². The zero-order valence-corrected chi connectivity index (χ0v) is 8.85. The number of cyclic esters (lactones) is 1. The minimum atomic E-state index is -0.0867. The number of fused-ring (bicyclic) bond motifs is 1. The number of ether oxygens (including phenoxy) is 1. The van der Waals surface area contributed by atoms with Crippen LogP contribution in [-0.4, -0.2) is 12.6 Å². The monoisotopic (exact) mass is 212 g/mol. The van der Waals surface area contributed by atoms with Crippen LogP contribution < -0.4 is 0 Å². The van der Waals surface area contributed by atoms with Gasteiger partial charge in [0.05, 0.1) is 12.5 Å². The molecule has 1 heterocycles. The fourth-order valence-corrected chi connectivity index (χ4v) is 2.33. The summed E-state index contributed by atoms with van der Waals surface area (Å²) in [4.78, 5) is 11.6. The molecule has 0 bridgehead atoms. The van der Waals surface area contributed by atoms with E-state index in [4.69, 9.17) is 4.74 Å². The Kier molecular flexibility index (Phi) is 2.13. The van der Waals surface area contributed by atoms with Crippen molar-refractivity contribution in [3.05, 3.63) is 48.0 Å². The third-order valence-electron chi connectivity index (χ3n) is 3.13. The summed E-state index contributed by atoms with van der Waals surface area (Å²) in [6.45, 7) is 0.548. The predicted molar refractivity (Wildman–Crippen MR) is 62.3 cm³/mol. The summed E-state index contributed by atoms with van der Waals surface area (Å²) in [5.74, 6) is -0.164. The largest absolute Gasteiger partial charge is 0.465 e. The van der Waals surface area contributed by atoms with Gasteiger partial charge in [0.25, 0.3) is 0 Å². The molecule has 0 N–H and O–H groups in total. The SMILES string of the molecule is O=C1OCCC1c1cccc2ccccc12. The molecule has 0 aliphatic carbocycles.